The van der Waals surface area contributed by atoms with Crippen molar-refractivity contribution in [3.05, 3.63) is 23.2 Å². The number of rotatable bonds is 3. The highest BCUT2D eigenvalue weighted by molar-refractivity contribution is 7.18. The summed E-state index contributed by atoms with van der Waals surface area (Å²) in [5.74, 6) is 0.771. The summed E-state index contributed by atoms with van der Waals surface area (Å²) in [4.78, 5) is 16.9. The van der Waals surface area contributed by atoms with Crippen LogP contribution in [0.5, 0.6) is 0 Å². The first-order valence-electron chi connectivity index (χ1n) is 7.74. The second-order valence-corrected chi connectivity index (χ2v) is 7.06. The Labute approximate surface area is 128 Å². The first-order valence-corrected chi connectivity index (χ1v) is 8.56. The molecular weight excluding hydrogens is 282 g/mol. The standard InChI is InChI=1S/C16H19N3OS/c20-15(13-3-1-2-8-17-13)18-11-6-7-12-14(9-11)21-16(19-12)10-4-5-10/h6-7,9-10,13,17H,1-5,8H2,(H,18,20). The van der Waals surface area contributed by atoms with Crippen molar-refractivity contribution in [3.8, 4) is 0 Å². The Morgan fingerprint density at radius 1 is 1.29 bits per heavy atom. The Hall–Kier alpha value is -1.46. The summed E-state index contributed by atoms with van der Waals surface area (Å²) in [5, 5.41) is 7.57. The maximum absolute atomic E-state index is 12.2. The van der Waals surface area contributed by atoms with E-state index in [1.165, 1.54) is 29.0 Å². The van der Waals surface area contributed by atoms with E-state index >= 15 is 0 Å². The molecule has 1 unspecified atom stereocenters. The summed E-state index contributed by atoms with van der Waals surface area (Å²) < 4.78 is 1.17. The summed E-state index contributed by atoms with van der Waals surface area (Å²) in [6, 6.07) is 5.98. The molecule has 2 aromatic rings. The number of nitrogens with zero attached hydrogens (tertiary/aromatic N) is 1. The van der Waals surface area contributed by atoms with Crippen LogP contribution in [0, 0.1) is 0 Å². The zero-order valence-electron chi connectivity index (χ0n) is 11.9. The van der Waals surface area contributed by atoms with Crippen LogP contribution in [0.4, 0.5) is 5.69 Å². The van der Waals surface area contributed by atoms with Gasteiger partial charge in [0.25, 0.3) is 0 Å². The zero-order chi connectivity index (χ0) is 14.2. The van der Waals surface area contributed by atoms with Crippen molar-refractivity contribution in [2.75, 3.05) is 11.9 Å². The van der Waals surface area contributed by atoms with Gasteiger partial charge in [-0.05, 0) is 50.4 Å². The Kier molecular flexibility index (Phi) is 3.39. The van der Waals surface area contributed by atoms with Crippen LogP contribution in [0.3, 0.4) is 0 Å². The second kappa shape index (κ2) is 5.39. The Morgan fingerprint density at radius 3 is 2.95 bits per heavy atom. The monoisotopic (exact) mass is 301 g/mol. The number of benzene rings is 1. The van der Waals surface area contributed by atoms with Crippen molar-refractivity contribution in [2.45, 2.75) is 44.1 Å². The van der Waals surface area contributed by atoms with Gasteiger partial charge in [-0.3, -0.25) is 4.79 Å². The highest BCUT2D eigenvalue weighted by atomic mass is 32.1. The average Bonchev–Trinajstić information content (AvgIpc) is 3.28. The number of hydrogen-bond acceptors (Lipinski definition) is 4. The summed E-state index contributed by atoms with van der Waals surface area (Å²) in [5.41, 5.74) is 1.93. The first kappa shape index (κ1) is 13.2. The van der Waals surface area contributed by atoms with Crippen LogP contribution in [-0.2, 0) is 4.79 Å². The molecular formula is C16H19N3OS. The van der Waals surface area contributed by atoms with E-state index in [0.717, 1.165) is 30.6 Å². The first-order chi connectivity index (χ1) is 10.3. The Morgan fingerprint density at radius 2 is 2.19 bits per heavy atom. The summed E-state index contributed by atoms with van der Waals surface area (Å²) >= 11 is 1.77. The lowest BCUT2D eigenvalue weighted by Gasteiger charge is -2.22. The minimum absolute atomic E-state index is 0.0436. The van der Waals surface area contributed by atoms with Crippen LogP contribution in [-0.4, -0.2) is 23.5 Å². The number of anilines is 1. The number of carbonyl (C=O) groups is 1. The predicted octanol–water partition coefficient (Wildman–Crippen LogP) is 3.25. The highest BCUT2D eigenvalue weighted by Gasteiger charge is 2.27. The molecule has 1 aromatic heterocycles. The smallest absolute Gasteiger partial charge is 0.241 e. The van der Waals surface area contributed by atoms with Gasteiger partial charge >= 0.3 is 0 Å². The summed E-state index contributed by atoms with van der Waals surface area (Å²) in [6.45, 7) is 0.941. The number of amides is 1. The van der Waals surface area contributed by atoms with Gasteiger partial charge < -0.3 is 10.6 Å². The van der Waals surface area contributed by atoms with Gasteiger partial charge in [-0.25, -0.2) is 4.98 Å². The molecule has 2 fully saturated rings. The quantitative estimate of drug-likeness (QED) is 0.915. The van der Waals surface area contributed by atoms with Crippen molar-refractivity contribution in [2.24, 2.45) is 0 Å². The topological polar surface area (TPSA) is 54.0 Å². The third kappa shape index (κ3) is 2.80. The van der Waals surface area contributed by atoms with E-state index in [4.69, 9.17) is 0 Å². The number of thiazole rings is 1. The van der Waals surface area contributed by atoms with Gasteiger partial charge in [0.15, 0.2) is 0 Å². The van der Waals surface area contributed by atoms with Crippen molar-refractivity contribution in [1.29, 1.82) is 0 Å². The average molecular weight is 301 g/mol. The second-order valence-electron chi connectivity index (χ2n) is 6.00. The third-order valence-corrected chi connectivity index (χ3v) is 5.41. The van der Waals surface area contributed by atoms with E-state index < -0.39 is 0 Å². The number of piperidine rings is 1. The van der Waals surface area contributed by atoms with Gasteiger partial charge in [0, 0.05) is 11.6 Å². The number of aromatic nitrogens is 1. The molecule has 2 heterocycles. The van der Waals surface area contributed by atoms with Crippen LogP contribution in [0.1, 0.15) is 43.0 Å². The lowest BCUT2D eigenvalue weighted by molar-refractivity contribution is -0.118. The van der Waals surface area contributed by atoms with Gasteiger partial charge in [-0.15, -0.1) is 11.3 Å². The minimum atomic E-state index is -0.0436. The number of nitrogens with one attached hydrogen (secondary N) is 2. The lowest BCUT2D eigenvalue weighted by Crippen LogP contribution is -2.43. The molecule has 1 amide bonds. The maximum Gasteiger partial charge on any atom is 0.241 e. The van der Waals surface area contributed by atoms with Crippen molar-refractivity contribution in [3.63, 3.8) is 0 Å². The largest absolute Gasteiger partial charge is 0.325 e. The van der Waals surface area contributed by atoms with Gasteiger partial charge in [0.05, 0.1) is 21.3 Å². The van der Waals surface area contributed by atoms with Gasteiger partial charge in [-0.1, -0.05) is 6.42 Å². The molecule has 0 spiro atoms. The molecule has 5 heteroatoms. The Balaban J connectivity index is 1.51. The van der Waals surface area contributed by atoms with E-state index in [1.54, 1.807) is 11.3 Å². The summed E-state index contributed by atoms with van der Waals surface area (Å²) in [7, 11) is 0. The minimum Gasteiger partial charge on any atom is -0.325 e. The Bertz CT molecular complexity index is 671. The van der Waals surface area contributed by atoms with E-state index in [-0.39, 0.29) is 11.9 Å². The third-order valence-electron chi connectivity index (χ3n) is 4.23. The molecule has 1 aliphatic heterocycles. The van der Waals surface area contributed by atoms with E-state index in [1.807, 2.05) is 12.1 Å². The molecule has 1 saturated carbocycles. The highest BCUT2D eigenvalue weighted by Crippen LogP contribution is 2.43. The number of fused-ring (bicyclic) bond motifs is 1. The number of carbonyl (C=O) groups excluding carboxylic acids is 1. The maximum atomic E-state index is 12.2. The molecule has 1 aromatic carbocycles. The van der Waals surface area contributed by atoms with Crippen LogP contribution in [0.15, 0.2) is 18.2 Å². The normalized spacial score (nSPS) is 22.4. The fraction of sp³-hybridized carbons (Fsp3) is 0.500. The van der Waals surface area contributed by atoms with Crippen LogP contribution >= 0.6 is 11.3 Å². The van der Waals surface area contributed by atoms with Gasteiger partial charge in [0.1, 0.15) is 0 Å². The zero-order valence-corrected chi connectivity index (χ0v) is 12.7. The molecule has 4 rings (SSSR count). The molecule has 1 atom stereocenters. The molecule has 0 radical (unpaired) electrons. The van der Waals surface area contributed by atoms with Crippen molar-refractivity contribution < 1.29 is 4.79 Å². The molecule has 110 valence electrons. The molecule has 2 aliphatic rings. The van der Waals surface area contributed by atoms with E-state index in [2.05, 4.69) is 21.7 Å². The van der Waals surface area contributed by atoms with Gasteiger partial charge in [0.2, 0.25) is 5.91 Å². The van der Waals surface area contributed by atoms with Crippen LogP contribution in [0.2, 0.25) is 0 Å². The molecule has 4 nitrogen and oxygen atoms in total. The molecule has 1 aliphatic carbocycles. The predicted molar refractivity (Wildman–Crippen MR) is 85.9 cm³/mol. The molecule has 1 saturated heterocycles. The lowest BCUT2D eigenvalue weighted by atomic mass is 10.0. The van der Waals surface area contributed by atoms with Crippen molar-refractivity contribution in [1.82, 2.24) is 10.3 Å². The summed E-state index contributed by atoms with van der Waals surface area (Å²) in [6.07, 6.45) is 5.78. The van der Waals surface area contributed by atoms with Crippen LogP contribution < -0.4 is 10.6 Å². The van der Waals surface area contributed by atoms with E-state index in [9.17, 15) is 4.79 Å². The number of hydrogen-bond donors (Lipinski definition) is 2. The van der Waals surface area contributed by atoms with Crippen molar-refractivity contribution >= 4 is 33.1 Å². The van der Waals surface area contributed by atoms with Crippen LogP contribution in [0.25, 0.3) is 10.2 Å². The molecule has 0 bridgehead atoms. The van der Waals surface area contributed by atoms with E-state index in [0.29, 0.717) is 5.92 Å². The SMILES string of the molecule is O=C(Nc1ccc2nc(C3CC3)sc2c1)C1CCCCN1. The molecule has 21 heavy (non-hydrogen) atoms. The fourth-order valence-electron chi connectivity index (χ4n) is 2.83. The van der Waals surface area contributed by atoms with Gasteiger partial charge in [-0.2, -0.15) is 0 Å². The molecule has 2 N–H and O–H groups in total. The fourth-order valence-corrected chi connectivity index (χ4v) is 4.01.